The van der Waals surface area contributed by atoms with Crippen LogP contribution >= 0.6 is 0 Å². The zero-order valence-electron chi connectivity index (χ0n) is 18.8. The molecule has 33 heavy (non-hydrogen) atoms. The smallest absolute Gasteiger partial charge is 0.129 e. The Balaban J connectivity index is 1.29. The highest BCUT2D eigenvalue weighted by Crippen LogP contribution is 2.29. The van der Waals surface area contributed by atoms with Crippen molar-refractivity contribution in [2.75, 3.05) is 18.5 Å². The average molecular weight is 438 g/mol. The third-order valence-corrected chi connectivity index (χ3v) is 6.23. The van der Waals surface area contributed by atoms with E-state index >= 15 is 0 Å². The van der Waals surface area contributed by atoms with Crippen LogP contribution in [0, 0.1) is 11.3 Å². The molecule has 3 heterocycles. The molecule has 166 valence electrons. The first-order chi connectivity index (χ1) is 16.2. The molecule has 0 aliphatic carbocycles. The number of fused-ring (bicyclic) bond motifs is 2. The lowest BCUT2D eigenvalue weighted by molar-refractivity contribution is 0.321. The number of hydrogen-bond acceptors (Lipinski definition) is 5. The summed E-state index contributed by atoms with van der Waals surface area (Å²) in [6.07, 6.45) is 5.80. The topological polar surface area (TPSA) is 75.8 Å². The van der Waals surface area contributed by atoms with Gasteiger partial charge >= 0.3 is 0 Å². The number of benzene rings is 2. The van der Waals surface area contributed by atoms with E-state index in [1.807, 2.05) is 41.2 Å². The predicted octanol–water partition coefficient (Wildman–Crippen LogP) is 5.28. The van der Waals surface area contributed by atoms with E-state index in [2.05, 4.69) is 47.7 Å². The van der Waals surface area contributed by atoms with Gasteiger partial charge in [0.1, 0.15) is 11.6 Å². The summed E-state index contributed by atoms with van der Waals surface area (Å²) in [4.78, 5) is 4.74. The van der Waals surface area contributed by atoms with E-state index in [1.165, 1.54) is 12.0 Å². The summed E-state index contributed by atoms with van der Waals surface area (Å²) in [7, 11) is 0. The minimum atomic E-state index is 0.0752. The molecule has 6 heteroatoms. The van der Waals surface area contributed by atoms with Gasteiger partial charge in [-0.25, -0.2) is 4.98 Å². The monoisotopic (exact) mass is 437 g/mol. The van der Waals surface area contributed by atoms with Crippen LogP contribution in [0.1, 0.15) is 48.2 Å². The number of pyridine rings is 1. The van der Waals surface area contributed by atoms with Gasteiger partial charge in [-0.05, 0) is 66.8 Å². The van der Waals surface area contributed by atoms with Crippen molar-refractivity contribution in [1.29, 1.82) is 5.26 Å². The van der Waals surface area contributed by atoms with Gasteiger partial charge in [0, 0.05) is 24.0 Å². The van der Waals surface area contributed by atoms with Crippen LogP contribution in [0.3, 0.4) is 0 Å². The Hall–Kier alpha value is -3.85. The Morgan fingerprint density at radius 3 is 3.00 bits per heavy atom. The Labute approximate surface area is 193 Å². The molecule has 5 rings (SSSR count). The number of hydrogen-bond donors (Lipinski definition) is 1. The van der Waals surface area contributed by atoms with E-state index in [0.717, 1.165) is 59.5 Å². The first-order valence-corrected chi connectivity index (χ1v) is 11.6. The number of nitrogens with one attached hydrogen (secondary N) is 1. The maximum absolute atomic E-state index is 9.25. The van der Waals surface area contributed by atoms with Crippen molar-refractivity contribution >= 4 is 16.7 Å². The van der Waals surface area contributed by atoms with E-state index in [-0.39, 0.29) is 6.04 Å². The van der Waals surface area contributed by atoms with Gasteiger partial charge < -0.3 is 10.1 Å². The van der Waals surface area contributed by atoms with Crippen molar-refractivity contribution in [3.8, 4) is 11.8 Å². The van der Waals surface area contributed by atoms with Gasteiger partial charge in [-0.2, -0.15) is 10.4 Å². The first-order valence-electron chi connectivity index (χ1n) is 11.6. The van der Waals surface area contributed by atoms with Crippen molar-refractivity contribution in [1.82, 2.24) is 14.8 Å². The van der Waals surface area contributed by atoms with Gasteiger partial charge in [0.15, 0.2) is 0 Å². The van der Waals surface area contributed by atoms with E-state index in [4.69, 9.17) is 9.72 Å². The number of aromatic nitrogens is 3. The third kappa shape index (κ3) is 4.40. The number of nitrogens with zero attached hydrogens (tertiary/aromatic N) is 4. The SMILES string of the molecule is CCC(c1cccc(C#N)c1)n1ncc2cc(OCCc3ccc4c(n3)NCCC4)ccc21. The van der Waals surface area contributed by atoms with Gasteiger partial charge in [0.05, 0.1) is 36.0 Å². The molecule has 4 aromatic rings. The average Bonchev–Trinajstić information content (AvgIpc) is 3.27. The predicted molar refractivity (Wildman–Crippen MR) is 130 cm³/mol. The standard InChI is InChI=1S/C27H27N5O/c1-2-25(21-6-3-5-19(15-21)17-28)32-26-11-10-24(16-22(26)18-30-32)33-14-12-23-9-8-20-7-4-13-29-27(20)31-23/h3,5-6,8-11,15-16,18,25H,2,4,7,12-14H2,1H3,(H,29,31). The molecule has 1 aliphatic heterocycles. The summed E-state index contributed by atoms with van der Waals surface area (Å²) in [5, 5.41) is 18.4. The van der Waals surface area contributed by atoms with Gasteiger partial charge in [-0.1, -0.05) is 25.1 Å². The molecule has 1 aliphatic rings. The van der Waals surface area contributed by atoms with Crippen LogP contribution in [0.2, 0.25) is 0 Å². The molecule has 0 amide bonds. The largest absolute Gasteiger partial charge is 0.493 e. The molecule has 0 spiro atoms. The molecular weight excluding hydrogens is 410 g/mol. The molecule has 2 aromatic carbocycles. The Kier molecular flexibility index (Phi) is 5.95. The molecule has 1 unspecified atom stereocenters. The number of anilines is 1. The Morgan fingerprint density at radius 2 is 2.12 bits per heavy atom. The molecule has 0 radical (unpaired) electrons. The molecule has 1 N–H and O–H groups in total. The number of aryl methyl sites for hydroxylation is 1. The fraction of sp³-hybridized carbons (Fsp3) is 0.296. The first kappa shape index (κ1) is 21.0. The molecule has 1 atom stereocenters. The van der Waals surface area contributed by atoms with Crippen molar-refractivity contribution < 1.29 is 4.74 Å². The van der Waals surface area contributed by atoms with E-state index < -0.39 is 0 Å². The van der Waals surface area contributed by atoms with Crippen LogP contribution in [0.15, 0.2) is 60.8 Å². The summed E-state index contributed by atoms with van der Waals surface area (Å²) in [6.45, 7) is 3.71. The van der Waals surface area contributed by atoms with Gasteiger partial charge in [0.2, 0.25) is 0 Å². The molecule has 6 nitrogen and oxygen atoms in total. The highest BCUT2D eigenvalue weighted by atomic mass is 16.5. The summed E-state index contributed by atoms with van der Waals surface area (Å²) >= 11 is 0. The number of ether oxygens (including phenoxy) is 1. The van der Waals surface area contributed by atoms with Crippen LogP contribution in [-0.2, 0) is 12.8 Å². The van der Waals surface area contributed by atoms with Crippen LogP contribution in [0.4, 0.5) is 5.82 Å². The second-order valence-corrected chi connectivity index (χ2v) is 8.41. The number of rotatable bonds is 7. The molecule has 0 saturated carbocycles. The molecule has 0 fully saturated rings. The van der Waals surface area contributed by atoms with Crippen molar-refractivity contribution in [2.45, 2.75) is 38.6 Å². The van der Waals surface area contributed by atoms with Crippen molar-refractivity contribution in [3.05, 3.63) is 83.2 Å². The number of nitriles is 1. The van der Waals surface area contributed by atoms with Crippen LogP contribution in [0.5, 0.6) is 5.75 Å². The highest BCUT2D eigenvalue weighted by molar-refractivity contribution is 5.80. The molecule has 0 saturated heterocycles. The fourth-order valence-electron chi connectivity index (χ4n) is 4.52. The Bertz CT molecular complexity index is 1320. The second kappa shape index (κ2) is 9.33. The summed E-state index contributed by atoms with van der Waals surface area (Å²) < 4.78 is 8.08. The van der Waals surface area contributed by atoms with E-state index in [9.17, 15) is 5.26 Å². The van der Waals surface area contributed by atoms with Gasteiger partial charge in [0.25, 0.3) is 0 Å². The lowest BCUT2D eigenvalue weighted by atomic mass is 10.0. The minimum Gasteiger partial charge on any atom is -0.493 e. The third-order valence-electron chi connectivity index (χ3n) is 6.23. The summed E-state index contributed by atoms with van der Waals surface area (Å²) in [5.74, 6) is 1.86. The highest BCUT2D eigenvalue weighted by Gasteiger charge is 2.16. The van der Waals surface area contributed by atoms with Crippen LogP contribution < -0.4 is 10.1 Å². The summed E-state index contributed by atoms with van der Waals surface area (Å²) in [6, 6.07) is 20.5. The molecule has 0 bridgehead atoms. The minimum absolute atomic E-state index is 0.0752. The van der Waals surface area contributed by atoms with E-state index in [1.54, 1.807) is 0 Å². The van der Waals surface area contributed by atoms with E-state index in [0.29, 0.717) is 12.2 Å². The maximum atomic E-state index is 9.25. The second-order valence-electron chi connectivity index (χ2n) is 8.41. The molecular formula is C27H27N5O. The lowest BCUT2D eigenvalue weighted by Crippen LogP contribution is -2.14. The zero-order valence-corrected chi connectivity index (χ0v) is 18.8. The molecule has 2 aromatic heterocycles. The fourth-order valence-corrected chi connectivity index (χ4v) is 4.52. The summed E-state index contributed by atoms with van der Waals surface area (Å²) in [5.41, 5.74) is 5.16. The quantitative estimate of drug-likeness (QED) is 0.426. The van der Waals surface area contributed by atoms with Crippen molar-refractivity contribution in [2.24, 2.45) is 0 Å². The zero-order chi connectivity index (χ0) is 22.6. The van der Waals surface area contributed by atoms with Gasteiger partial charge in [-0.3, -0.25) is 4.68 Å². The Morgan fingerprint density at radius 1 is 1.18 bits per heavy atom. The van der Waals surface area contributed by atoms with Crippen LogP contribution in [0.25, 0.3) is 10.9 Å². The maximum Gasteiger partial charge on any atom is 0.129 e. The van der Waals surface area contributed by atoms with Crippen LogP contribution in [-0.4, -0.2) is 27.9 Å². The lowest BCUT2D eigenvalue weighted by Gasteiger charge is -2.18. The van der Waals surface area contributed by atoms with Crippen molar-refractivity contribution in [3.63, 3.8) is 0 Å². The normalized spacial score (nSPS) is 13.7. The van der Waals surface area contributed by atoms with Gasteiger partial charge in [-0.15, -0.1) is 0 Å².